The zero-order valence-corrected chi connectivity index (χ0v) is 13.2. The Balaban J connectivity index is 1.50. The van der Waals surface area contributed by atoms with Crippen LogP contribution < -0.4 is 5.32 Å². The number of aryl methyl sites for hydroxylation is 1. The second-order valence-electron chi connectivity index (χ2n) is 5.40. The van der Waals surface area contributed by atoms with Crippen molar-refractivity contribution in [3.8, 4) is 0 Å². The average molecular weight is 306 g/mol. The van der Waals surface area contributed by atoms with Crippen LogP contribution in [0.1, 0.15) is 31.0 Å². The van der Waals surface area contributed by atoms with Gasteiger partial charge in [-0.25, -0.2) is 0 Å². The van der Waals surface area contributed by atoms with E-state index < -0.39 is 0 Å². The van der Waals surface area contributed by atoms with Crippen molar-refractivity contribution in [1.82, 2.24) is 29.9 Å². The van der Waals surface area contributed by atoms with E-state index in [4.69, 9.17) is 0 Å². The van der Waals surface area contributed by atoms with Crippen LogP contribution in [0.4, 0.5) is 0 Å². The van der Waals surface area contributed by atoms with Crippen LogP contribution >= 0.6 is 11.8 Å². The Morgan fingerprint density at radius 3 is 2.95 bits per heavy atom. The Labute approximate surface area is 129 Å². The van der Waals surface area contributed by atoms with Crippen molar-refractivity contribution in [2.75, 3.05) is 18.8 Å². The van der Waals surface area contributed by atoms with Gasteiger partial charge in [0.05, 0.1) is 0 Å². The van der Waals surface area contributed by atoms with Crippen molar-refractivity contribution >= 4 is 11.8 Å². The lowest BCUT2D eigenvalue weighted by atomic mass is 9.97. The maximum absolute atomic E-state index is 4.41. The van der Waals surface area contributed by atoms with Gasteiger partial charge in [0.25, 0.3) is 0 Å². The van der Waals surface area contributed by atoms with Crippen molar-refractivity contribution in [1.29, 1.82) is 0 Å². The molecule has 3 rings (SSSR count). The number of rotatable bonds is 6. The van der Waals surface area contributed by atoms with E-state index in [1.54, 1.807) is 11.8 Å². The summed E-state index contributed by atoms with van der Waals surface area (Å²) in [6.07, 6.45) is 7.23. The molecule has 1 saturated heterocycles. The maximum Gasteiger partial charge on any atom is 0.190 e. The van der Waals surface area contributed by atoms with E-state index in [0.29, 0.717) is 5.92 Å². The molecule has 2 aromatic rings. The molecule has 0 bridgehead atoms. The maximum atomic E-state index is 4.41. The van der Waals surface area contributed by atoms with Crippen LogP contribution in [-0.2, 0) is 13.6 Å². The summed E-state index contributed by atoms with van der Waals surface area (Å²) in [5.74, 6) is 2.74. The highest BCUT2D eigenvalue weighted by molar-refractivity contribution is 7.99. The van der Waals surface area contributed by atoms with Crippen LogP contribution in [0.2, 0.25) is 0 Å². The largest absolute Gasteiger partial charge is 0.317 e. The van der Waals surface area contributed by atoms with Crippen molar-refractivity contribution in [3.63, 3.8) is 0 Å². The third kappa shape index (κ3) is 3.65. The van der Waals surface area contributed by atoms with Crippen LogP contribution in [-0.4, -0.2) is 43.4 Å². The minimum Gasteiger partial charge on any atom is -0.317 e. The third-order valence-electron chi connectivity index (χ3n) is 3.89. The minimum atomic E-state index is 0.558. The highest BCUT2D eigenvalue weighted by Crippen LogP contribution is 2.26. The summed E-state index contributed by atoms with van der Waals surface area (Å²) in [6, 6.07) is 1.96. The Morgan fingerprint density at radius 1 is 1.33 bits per heavy atom. The number of thioether (sulfide) groups is 1. The Bertz CT molecular complexity index is 544. The second kappa shape index (κ2) is 7.09. The number of hydrogen-bond donors (Lipinski definition) is 1. The summed E-state index contributed by atoms with van der Waals surface area (Å²) in [6.45, 7) is 3.13. The van der Waals surface area contributed by atoms with Gasteiger partial charge in [-0.05, 0) is 38.4 Å². The lowest BCUT2D eigenvalue weighted by Gasteiger charge is -2.21. The molecule has 1 fully saturated rings. The fraction of sp³-hybridized carbons (Fsp3) is 0.643. The number of hydrogen-bond acceptors (Lipinski definition) is 5. The predicted molar refractivity (Wildman–Crippen MR) is 83.4 cm³/mol. The lowest BCUT2D eigenvalue weighted by molar-refractivity contribution is 0.434. The topological polar surface area (TPSA) is 60.6 Å². The molecule has 1 N–H and O–H groups in total. The minimum absolute atomic E-state index is 0.558. The van der Waals surface area contributed by atoms with Gasteiger partial charge in [0, 0.05) is 37.7 Å². The summed E-state index contributed by atoms with van der Waals surface area (Å²) >= 11 is 1.79. The highest BCUT2D eigenvalue weighted by Gasteiger charge is 2.21. The van der Waals surface area contributed by atoms with Gasteiger partial charge >= 0.3 is 0 Å². The Kier molecular flexibility index (Phi) is 4.92. The monoisotopic (exact) mass is 306 g/mol. The van der Waals surface area contributed by atoms with Gasteiger partial charge in [-0.2, -0.15) is 5.10 Å². The summed E-state index contributed by atoms with van der Waals surface area (Å²) in [7, 11) is 2.09. The number of piperidine rings is 1. The van der Waals surface area contributed by atoms with Crippen LogP contribution in [0.5, 0.6) is 0 Å². The molecule has 0 spiro atoms. The summed E-state index contributed by atoms with van der Waals surface area (Å²) < 4.78 is 4.15. The van der Waals surface area contributed by atoms with Crippen molar-refractivity contribution in [2.45, 2.75) is 36.9 Å². The fourth-order valence-electron chi connectivity index (χ4n) is 2.71. The fourth-order valence-corrected chi connectivity index (χ4v) is 3.55. The van der Waals surface area contributed by atoms with Gasteiger partial charge in [0.1, 0.15) is 5.82 Å². The van der Waals surface area contributed by atoms with Gasteiger partial charge < -0.3 is 9.88 Å². The molecule has 6 nitrogen and oxygen atoms in total. The molecule has 1 aliphatic rings. The molecule has 0 aromatic carbocycles. The molecule has 0 saturated carbocycles. The first-order valence-electron chi connectivity index (χ1n) is 7.55. The number of nitrogens with zero attached hydrogens (tertiary/aromatic N) is 5. The molecular weight excluding hydrogens is 284 g/mol. The molecule has 1 aliphatic heterocycles. The standard InChI is InChI=1S/C14H22N6S/c1-19-13(12-4-7-15-8-5-12)17-18-14(19)21-11-3-10-20-9-2-6-16-20/h2,6,9,12,15H,3-5,7-8,10-11H2,1H3. The normalized spacial score (nSPS) is 16.4. The van der Waals surface area contributed by atoms with Crippen LogP contribution in [0.25, 0.3) is 0 Å². The summed E-state index contributed by atoms with van der Waals surface area (Å²) in [4.78, 5) is 0. The molecule has 0 radical (unpaired) electrons. The highest BCUT2D eigenvalue weighted by atomic mass is 32.2. The average Bonchev–Trinajstić information content (AvgIpc) is 3.15. The summed E-state index contributed by atoms with van der Waals surface area (Å²) in [5, 5.41) is 17.4. The van der Waals surface area contributed by atoms with Crippen molar-refractivity contribution in [3.05, 3.63) is 24.3 Å². The lowest BCUT2D eigenvalue weighted by Crippen LogP contribution is -2.27. The molecule has 0 amide bonds. The van der Waals surface area contributed by atoms with Gasteiger partial charge in [-0.15, -0.1) is 10.2 Å². The van der Waals surface area contributed by atoms with E-state index in [0.717, 1.165) is 55.6 Å². The van der Waals surface area contributed by atoms with Crippen LogP contribution in [0.3, 0.4) is 0 Å². The van der Waals surface area contributed by atoms with E-state index >= 15 is 0 Å². The first-order valence-corrected chi connectivity index (χ1v) is 8.53. The van der Waals surface area contributed by atoms with E-state index in [1.807, 2.05) is 23.1 Å². The quantitative estimate of drug-likeness (QED) is 0.650. The van der Waals surface area contributed by atoms with E-state index in [2.05, 4.69) is 32.2 Å². The van der Waals surface area contributed by atoms with E-state index in [-0.39, 0.29) is 0 Å². The third-order valence-corrected chi connectivity index (χ3v) is 5.00. The zero-order chi connectivity index (χ0) is 14.5. The van der Waals surface area contributed by atoms with Crippen LogP contribution in [0.15, 0.2) is 23.6 Å². The predicted octanol–water partition coefficient (Wildman–Crippen LogP) is 1.66. The SMILES string of the molecule is Cn1c(SCCCn2cccn2)nnc1C1CCNCC1. The first-order chi connectivity index (χ1) is 10.3. The molecule has 7 heteroatoms. The molecule has 21 heavy (non-hydrogen) atoms. The molecular formula is C14H22N6S. The molecule has 3 heterocycles. The van der Waals surface area contributed by atoms with Crippen molar-refractivity contribution < 1.29 is 0 Å². The molecule has 0 aliphatic carbocycles. The zero-order valence-electron chi connectivity index (χ0n) is 12.4. The number of aromatic nitrogens is 5. The van der Waals surface area contributed by atoms with E-state index in [1.165, 1.54) is 0 Å². The second-order valence-corrected chi connectivity index (χ2v) is 6.46. The smallest absolute Gasteiger partial charge is 0.190 e. The molecule has 0 unspecified atom stereocenters. The number of nitrogens with one attached hydrogen (secondary N) is 1. The van der Waals surface area contributed by atoms with E-state index in [9.17, 15) is 0 Å². The van der Waals surface area contributed by atoms with Crippen LogP contribution in [0, 0.1) is 0 Å². The molecule has 2 aromatic heterocycles. The van der Waals surface area contributed by atoms with Gasteiger partial charge in [0.15, 0.2) is 5.16 Å². The van der Waals surface area contributed by atoms with Gasteiger partial charge in [0.2, 0.25) is 0 Å². The molecule has 0 atom stereocenters. The molecule has 114 valence electrons. The Morgan fingerprint density at radius 2 is 2.19 bits per heavy atom. The van der Waals surface area contributed by atoms with Gasteiger partial charge in [-0.3, -0.25) is 4.68 Å². The first kappa shape index (κ1) is 14.6. The summed E-state index contributed by atoms with van der Waals surface area (Å²) in [5.41, 5.74) is 0. The van der Waals surface area contributed by atoms with Crippen molar-refractivity contribution in [2.24, 2.45) is 7.05 Å². The van der Waals surface area contributed by atoms with Gasteiger partial charge in [-0.1, -0.05) is 11.8 Å². The Hall–Kier alpha value is -1.34.